The third-order valence-corrected chi connectivity index (χ3v) is 4.95. The standard InChI is InChI=1S/C19H15F2N7O2/c1-10-17-13(11-3-2-4-12(7-11)30-19(20)21)8-16(29)23-18(17)28(25-10)15-6-5-14-24-22-9-27(14)26-15/h2-7,9,13,19H,8H2,1H3,(H,23,29). The highest BCUT2D eigenvalue weighted by Crippen LogP contribution is 2.40. The highest BCUT2D eigenvalue weighted by Gasteiger charge is 2.33. The molecule has 152 valence electrons. The van der Waals surface area contributed by atoms with Crippen LogP contribution in [0.1, 0.15) is 29.2 Å². The van der Waals surface area contributed by atoms with Crippen molar-refractivity contribution < 1.29 is 18.3 Å². The van der Waals surface area contributed by atoms with Gasteiger partial charge in [0, 0.05) is 17.9 Å². The Morgan fingerprint density at radius 3 is 2.93 bits per heavy atom. The first-order valence-corrected chi connectivity index (χ1v) is 9.11. The topological polar surface area (TPSA) is 99.2 Å². The smallest absolute Gasteiger partial charge is 0.387 e. The Labute approximate surface area is 168 Å². The van der Waals surface area contributed by atoms with Crippen LogP contribution in [0.25, 0.3) is 11.5 Å². The van der Waals surface area contributed by atoms with Crippen LogP contribution in [0, 0.1) is 6.92 Å². The number of rotatable bonds is 4. The molecule has 0 bridgehead atoms. The number of benzene rings is 1. The van der Waals surface area contributed by atoms with Crippen LogP contribution in [0.15, 0.2) is 42.7 Å². The number of nitrogens with zero attached hydrogens (tertiary/aromatic N) is 6. The van der Waals surface area contributed by atoms with Crippen molar-refractivity contribution in [2.45, 2.75) is 25.9 Å². The normalized spacial score (nSPS) is 16.0. The Balaban J connectivity index is 1.61. The largest absolute Gasteiger partial charge is 0.435 e. The van der Waals surface area contributed by atoms with Gasteiger partial charge in [-0.2, -0.15) is 23.1 Å². The summed E-state index contributed by atoms with van der Waals surface area (Å²) in [7, 11) is 0. The van der Waals surface area contributed by atoms with Crippen molar-refractivity contribution in [1.82, 2.24) is 29.6 Å². The zero-order valence-corrected chi connectivity index (χ0v) is 15.7. The first-order valence-electron chi connectivity index (χ1n) is 9.11. The molecule has 1 unspecified atom stereocenters. The van der Waals surface area contributed by atoms with Crippen molar-refractivity contribution >= 4 is 17.4 Å². The van der Waals surface area contributed by atoms with Gasteiger partial charge in [0.05, 0.1) is 5.69 Å². The van der Waals surface area contributed by atoms with Crippen LogP contribution in [-0.2, 0) is 4.79 Å². The van der Waals surface area contributed by atoms with Crippen LogP contribution in [0.3, 0.4) is 0 Å². The molecular weight excluding hydrogens is 396 g/mol. The fourth-order valence-electron chi connectivity index (χ4n) is 3.74. The number of amides is 1. The summed E-state index contributed by atoms with van der Waals surface area (Å²) in [4.78, 5) is 12.5. The van der Waals surface area contributed by atoms with E-state index in [0.717, 1.165) is 5.56 Å². The van der Waals surface area contributed by atoms with Crippen LogP contribution in [0.2, 0.25) is 0 Å². The number of anilines is 1. The first kappa shape index (κ1) is 18.2. The molecular formula is C19H15F2N7O2. The fraction of sp³-hybridized carbons (Fsp3) is 0.211. The second kappa shape index (κ2) is 6.87. The highest BCUT2D eigenvalue weighted by molar-refractivity contribution is 5.95. The lowest BCUT2D eigenvalue weighted by molar-refractivity contribution is -0.116. The van der Waals surface area contributed by atoms with Crippen LogP contribution in [0.4, 0.5) is 14.6 Å². The Kier molecular flexibility index (Phi) is 4.16. The first-order chi connectivity index (χ1) is 14.5. The number of nitrogens with one attached hydrogen (secondary N) is 1. The molecule has 0 fully saturated rings. The van der Waals surface area contributed by atoms with Crippen LogP contribution in [-0.4, -0.2) is 42.1 Å². The van der Waals surface area contributed by atoms with E-state index in [1.54, 1.807) is 28.9 Å². The summed E-state index contributed by atoms with van der Waals surface area (Å²) < 4.78 is 32.8. The van der Waals surface area contributed by atoms with Gasteiger partial charge in [-0.05, 0) is 36.8 Å². The summed E-state index contributed by atoms with van der Waals surface area (Å²) >= 11 is 0. The van der Waals surface area contributed by atoms with E-state index in [9.17, 15) is 13.6 Å². The minimum atomic E-state index is -2.92. The minimum Gasteiger partial charge on any atom is -0.435 e. The van der Waals surface area contributed by atoms with Gasteiger partial charge in [0.25, 0.3) is 0 Å². The number of hydrogen-bond donors (Lipinski definition) is 1. The number of hydrogen-bond acceptors (Lipinski definition) is 6. The van der Waals surface area contributed by atoms with Crippen molar-refractivity contribution in [3.8, 4) is 11.6 Å². The van der Waals surface area contributed by atoms with Crippen molar-refractivity contribution in [3.63, 3.8) is 0 Å². The van der Waals surface area contributed by atoms with E-state index < -0.39 is 6.61 Å². The van der Waals surface area contributed by atoms with E-state index in [1.807, 2.05) is 6.92 Å². The number of carbonyl (C=O) groups is 1. The third-order valence-electron chi connectivity index (χ3n) is 4.95. The number of aryl methyl sites for hydroxylation is 1. The lowest BCUT2D eigenvalue weighted by atomic mass is 9.86. The Bertz CT molecular complexity index is 1270. The van der Waals surface area contributed by atoms with E-state index in [2.05, 4.69) is 30.4 Å². The summed E-state index contributed by atoms with van der Waals surface area (Å²) in [5.41, 5.74) is 2.76. The van der Waals surface area contributed by atoms with E-state index in [0.29, 0.717) is 28.5 Å². The Hall–Kier alpha value is -3.89. The molecule has 0 saturated heterocycles. The van der Waals surface area contributed by atoms with Gasteiger partial charge in [-0.3, -0.25) is 4.79 Å². The summed E-state index contributed by atoms with van der Waals surface area (Å²) in [5.74, 6) is 0.442. The average Bonchev–Trinajstić information content (AvgIpc) is 3.31. The van der Waals surface area contributed by atoms with E-state index in [1.165, 1.54) is 23.0 Å². The molecule has 1 N–H and O–H groups in total. The predicted octanol–water partition coefficient (Wildman–Crippen LogP) is 2.69. The van der Waals surface area contributed by atoms with Crippen molar-refractivity contribution in [3.05, 3.63) is 59.5 Å². The molecule has 3 aromatic heterocycles. The van der Waals surface area contributed by atoms with Gasteiger partial charge in [-0.1, -0.05) is 12.1 Å². The Morgan fingerprint density at radius 2 is 2.10 bits per heavy atom. The summed E-state index contributed by atoms with van der Waals surface area (Å²) in [6, 6.07) is 9.85. The molecule has 4 aromatic rings. The minimum absolute atomic E-state index is 0.0415. The zero-order chi connectivity index (χ0) is 20.8. The lowest BCUT2D eigenvalue weighted by Gasteiger charge is -2.24. The molecule has 1 aliphatic heterocycles. The van der Waals surface area contributed by atoms with E-state index >= 15 is 0 Å². The second-order valence-electron chi connectivity index (χ2n) is 6.84. The van der Waals surface area contributed by atoms with Gasteiger partial charge in [0.15, 0.2) is 11.5 Å². The van der Waals surface area contributed by atoms with Gasteiger partial charge in [-0.25, -0.2) is 0 Å². The molecule has 0 spiro atoms. The van der Waals surface area contributed by atoms with Gasteiger partial charge >= 0.3 is 6.61 Å². The molecule has 0 radical (unpaired) electrons. The molecule has 0 aliphatic carbocycles. The quantitative estimate of drug-likeness (QED) is 0.554. The van der Waals surface area contributed by atoms with Crippen molar-refractivity contribution in [2.24, 2.45) is 0 Å². The number of alkyl halides is 2. The SMILES string of the molecule is Cc1nn(-c2ccc3nncn3n2)c2c1C(c1cccc(OC(F)F)c1)CC(=O)N2. The molecule has 30 heavy (non-hydrogen) atoms. The molecule has 1 atom stereocenters. The van der Waals surface area contributed by atoms with E-state index in [-0.39, 0.29) is 24.0 Å². The van der Waals surface area contributed by atoms with Crippen LogP contribution >= 0.6 is 0 Å². The van der Waals surface area contributed by atoms with Gasteiger partial charge in [0.2, 0.25) is 5.91 Å². The maximum atomic E-state index is 12.6. The monoisotopic (exact) mass is 411 g/mol. The average molecular weight is 411 g/mol. The number of halogens is 2. The maximum Gasteiger partial charge on any atom is 0.387 e. The maximum absolute atomic E-state index is 12.6. The molecule has 5 rings (SSSR count). The number of carbonyl (C=O) groups excluding carboxylic acids is 1. The predicted molar refractivity (Wildman–Crippen MR) is 101 cm³/mol. The summed E-state index contributed by atoms with van der Waals surface area (Å²) in [6.07, 6.45) is 1.63. The number of fused-ring (bicyclic) bond motifs is 2. The second-order valence-corrected chi connectivity index (χ2v) is 6.84. The van der Waals surface area contributed by atoms with Gasteiger partial charge in [0.1, 0.15) is 17.9 Å². The lowest BCUT2D eigenvalue weighted by Crippen LogP contribution is -2.25. The molecule has 9 nitrogen and oxygen atoms in total. The summed E-state index contributed by atoms with van der Waals surface area (Å²) in [5, 5.41) is 19.6. The zero-order valence-electron chi connectivity index (χ0n) is 15.7. The summed E-state index contributed by atoms with van der Waals surface area (Å²) in [6.45, 7) is -1.09. The molecule has 1 amide bonds. The number of aromatic nitrogens is 6. The third kappa shape index (κ3) is 3.04. The molecule has 4 heterocycles. The van der Waals surface area contributed by atoms with E-state index in [4.69, 9.17) is 0 Å². The van der Waals surface area contributed by atoms with Crippen molar-refractivity contribution in [1.29, 1.82) is 0 Å². The van der Waals surface area contributed by atoms with Crippen LogP contribution in [0.5, 0.6) is 5.75 Å². The Morgan fingerprint density at radius 1 is 1.23 bits per heavy atom. The van der Waals surface area contributed by atoms with Gasteiger partial charge < -0.3 is 10.1 Å². The molecule has 1 aliphatic rings. The molecule has 11 heteroatoms. The molecule has 1 aromatic carbocycles. The highest BCUT2D eigenvalue weighted by atomic mass is 19.3. The number of ether oxygens (including phenoxy) is 1. The molecule has 0 saturated carbocycles. The fourth-order valence-corrected chi connectivity index (χ4v) is 3.74. The van der Waals surface area contributed by atoms with Gasteiger partial charge in [-0.15, -0.1) is 15.3 Å². The van der Waals surface area contributed by atoms with Crippen LogP contribution < -0.4 is 10.1 Å². The van der Waals surface area contributed by atoms with Crippen molar-refractivity contribution in [2.75, 3.05) is 5.32 Å².